The second-order valence-corrected chi connectivity index (χ2v) is 6.25. The van der Waals surface area contributed by atoms with Gasteiger partial charge in [-0.3, -0.25) is 29.8 Å². The minimum absolute atomic E-state index is 0.173. The zero-order valence-electron chi connectivity index (χ0n) is 15.6. The molecule has 0 spiro atoms. The Bertz CT molecular complexity index is 1160. The van der Waals surface area contributed by atoms with Gasteiger partial charge in [-0.25, -0.2) is 4.39 Å². The van der Waals surface area contributed by atoms with E-state index >= 15 is 0 Å². The van der Waals surface area contributed by atoms with Crippen LogP contribution in [0.2, 0.25) is 0 Å². The number of amides is 2. The number of carbonyl (C=O) groups excluding carboxylic acids is 2. The van der Waals surface area contributed by atoms with E-state index in [2.05, 4.69) is 10.6 Å². The molecule has 0 radical (unpaired) electrons. The molecule has 2 amide bonds. The summed E-state index contributed by atoms with van der Waals surface area (Å²) >= 11 is 0. The van der Waals surface area contributed by atoms with Crippen molar-refractivity contribution in [2.75, 3.05) is 10.6 Å². The molecule has 0 aliphatic rings. The van der Waals surface area contributed by atoms with Crippen LogP contribution >= 0.6 is 0 Å². The fourth-order valence-electron chi connectivity index (χ4n) is 2.62. The van der Waals surface area contributed by atoms with Gasteiger partial charge >= 0.3 is 0 Å². The van der Waals surface area contributed by atoms with Crippen LogP contribution < -0.4 is 10.6 Å². The molecule has 156 valence electrons. The van der Waals surface area contributed by atoms with E-state index in [1.165, 1.54) is 48.5 Å². The molecule has 2 N–H and O–H groups in total. The van der Waals surface area contributed by atoms with E-state index in [1.807, 2.05) is 0 Å². The summed E-state index contributed by atoms with van der Waals surface area (Å²) in [4.78, 5) is 45.1. The van der Waals surface area contributed by atoms with Crippen molar-refractivity contribution in [1.82, 2.24) is 0 Å². The monoisotopic (exact) mass is 424 g/mol. The van der Waals surface area contributed by atoms with E-state index in [1.54, 1.807) is 0 Å². The van der Waals surface area contributed by atoms with Gasteiger partial charge in [-0.2, -0.15) is 0 Å². The summed E-state index contributed by atoms with van der Waals surface area (Å²) in [5.74, 6) is -1.80. The van der Waals surface area contributed by atoms with Crippen LogP contribution in [0.3, 0.4) is 0 Å². The summed E-state index contributed by atoms with van der Waals surface area (Å²) < 4.78 is 13.0. The Morgan fingerprint density at radius 2 is 1.26 bits per heavy atom. The lowest BCUT2D eigenvalue weighted by Gasteiger charge is -2.09. The van der Waals surface area contributed by atoms with Gasteiger partial charge in [0.25, 0.3) is 23.2 Å². The SMILES string of the molecule is O=C(Nc1ccc(F)cc1)c1cccc(NC(=O)c2cc([N+](=O)[O-])cc([N+](=O)[O-])c2)c1. The van der Waals surface area contributed by atoms with Crippen LogP contribution in [0.15, 0.2) is 66.7 Å². The molecule has 0 saturated carbocycles. The molecule has 0 aromatic heterocycles. The van der Waals surface area contributed by atoms with Crippen molar-refractivity contribution in [2.45, 2.75) is 0 Å². The molecule has 0 fully saturated rings. The Kier molecular flexibility index (Phi) is 5.96. The predicted molar refractivity (Wildman–Crippen MR) is 108 cm³/mol. The Morgan fingerprint density at radius 3 is 1.84 bits per heavy atom. The van der Waals surface area contributed by atoms with Crippen molar-refractivity contribution in [1.29, 1.82) is 0 Å². The largest absolute Gasteiger partial charge is 0.322 e. The van der Waals surface area contributed by atoms with E-state index in [4.69, 9.17) is 0 Å². The molecular weight excluding hydrogens is 411 g/mol. The topological polar surface area (TPSA) is 144 Å². The number of halogens is 1. The van der Waals surface area contributed by atoms with Gasteiger partial charge in [0.1, 0.15) is 5.82 Å². The van der Waals surface area contributed by atoms with Gasteiger partial charge in [-0.1, -0.05) is 6.07 Å². The number of nitrogens with one attached hydrogen (secondary N) is 2. The highest BCUT2D eigenvalue weighted by molar-refractivity contribution is 6.07. The summed E-state index contributed by atoms with van der Waals surface area (Å²) in [7, 11) is 0. The summed E-state index contributed by atoms with van der Waals surface area (Å²) in [5, 5.41) is 27.0. The van der Waals surface area contributed by atoms with Crippen LogP contribution in [0.1, 0.15) is 20.7 Å². The number of hydrogen-bond acceptors (Lipinski definition) is 6. The fourth-order valence-corrected chi connectivity index (χ4v) is 2.62. The Hall–Kier alpha value is -4.67. The average Bonchev–Trinajstić information content (AvgIpc) is 2.75. The van der Waals surface area contributed by atoms with Gasteiger partial charge in [0.15, 0.2) is 0 Å². The highest BCUT2D eigenvalue weighted by atomic mass is 19.1. The van der Waals surface area contributed by atoms with Gasteiger partial charge in [0.05, 0.1) is 21.5 Å². The standard InChI is InChI=1S/C20H13FN4O6/c21-14-4-6-15(7-5-14)22-19(26)12-2-1-3-16(8-12)23-20(27)13-9-17(24(28)29)11-18(10-13)25(30)31/h1-11H,(H,22,26)(H,23,27). The predicted octanol–water partition coefficient (Wildman–Crippen LogP) is 4.15. The molecule has 11 heteroatoms. The molecule has 3 rings (SSSR count). The van der Waals surface area contributed by atoms with Gasteiger partial charge in [-0.15, -0.1) is 0 Å². The van der Waals surface area contributed by atoms with Crippen LogP contribution in [-0.2, 0) is 0 Å². The Labute approximate surface area is 173 Å². The van der Waals surface area contributed by atoms with E-state index < -0.39 is 38.9 Å². The number of hydrogen-bond donors (Lipinski definition) is 2. The molecule has 0 aliphatic heterocycles. The minimum Gasteiger partial charge on any atom is -0.322 e. The quantitative estimate of drug-likeness (QED) is 0.449. The first-order valence-electron chi connectivity index (χ1n) is 8.65. The molecule has 0 bridgehead atoms. The summed E-state index contributed by atoms with van der Waals surface area (Å²) in [6, 6.07) is 13.5. The second-order valence-electron chi connectivity index (χ2n) is 6.25. The molecule has 0 unspecified atom stereocenters. The number of nitro groups is 2. The summed E-state index contributed by atoms with van der Waals surface area (Å²) in [6.45, 7) is 0. The molecule has 10 nitrogen and oxygen atoms in total. The first kappa shape index (κ1) is 21.0. The van der Waals surface area contributed by atoms with Crippen molar-refractivity contribution in [2.24, 2.45) is 0 Å². The molecule has 3 aromatic rings. The van der Waals surface area contributed by atoms with Gasteiger partial charge in [0, 0.05) is 29.1 Å². The average molecular weight is 424 g/mol. The van der Waals surface area contributed by atoms with Crippen LogP contribution in [0.4, 0.5) is 27.1 Å². The third-order valence-electron chi connectivity index (χ3n) is 4.07. The first-order chi connectivity index (χ1) is 14.7. The van der Waals surface area contributed by atoms with E-state index in [-0.39, 0.29) is 16.8 Å². The van der Waals surface area contributed by atoms with Crippen molar-refractivity contribution >= 4 is 34.6 Å². The zero-order valence-corrected chi connectivity index (χ0v) is 15.6. The number of rotatable bonds is 6. The Balaban J connectivity index is 1.79. The lowest BCUT2D eigenvalue weighted by Crippen LogP contribution is -2.15. The Morgan fingerprint density at radius 1 is 0.710 bits per heavy atom. The highest BCUT2D eigenvalue weighted by Gasteiger charge is 2.20. The van der Waals surface area contributed by atoms with Crippen molar-refractivity contribution in [3.8, 4) is 0 Å². The van der Waals surface area contributed by atoms with E-state index in [0.717, 1.165) is 18.2 Å². The van der Waals surface area contributed by atoms with Gasteiger partial charge in [0.2, 0.25) is 0 Å². The van der Waals surface area contributed by atoms with Crippen LogP contribution in [-0.4, -0.2) is 21.7 Å². The van der Waals surface area contributed by atoms with Crippen molar-refractivity contribution < 1.29 is 23.8 Å². The zero-order chi connectivity index (χ0) is 22.5. The number of nitrogens with zero attached hydrogens (tertiary/aromatic N) is 2. The normalized spacial score (nSPS) is 10.2. The second kappa shape index (κ2) is 8.78. The third-order valence-corrected chi connectivity index (χ3v) is 4.07. The molecular formula is C20H13FN4O6. The molecule has 31 heavy (non-hydrogen) atoms. The molecule has 0 aliphatic carbocycles. The van der Waals surface area contributed by atoms with E-state index in [0.29, 0.717) is 5.69 Å². The van der Waals surface area contributed by atoms with Crippen molar-refractivity contribution in [3.63, 3.8) is 0 Å². The number of carbonyl (C=O) groups is 2. The maximum Gasteiger partial charge on any atom is 0.277 e. The van der Waals surface area contributed by atoms with Gasteiger partial charge < -0.3 is 10.6 Å². The first-order valence-corrected chi connectivity index (χ1v) is 8.65. The number of nitro benzene ring substituents is 2. The lowest BCUT2D eigenvalue weighted by atomic mass is 10.1. The van der Waals surface area contributed by atoms with Crippen molar-refractivity contribution in [3.05, 3.63) is 104 Å². The van der Waals surface area contributed by atoms with Crippen LogP contribution in [0.5, 0.6) is 0 Å². The van der Waals surface area contributed by atoms with Crippen LogP contribution in [0, 0.1) is 26.0 Å². The number of non-ortho nitro benzene ring substituents is 2. The maximum atomic E-state index is 13.0. The molecule has 0 atom stereocenters. The molecule has 0 heterocycles. The van der Waals surface area contributed by atoms with Gasteiger partial charge in [-0.05, 0) is 42.5 Å². The molecule has 0 saturated heterocycles. The lowest BCUT2D eigenvalue weighted by molar-refractivity contribution is -0.394. The number of anilines is 2. The number of benzene rings is 3. The van der Waals surface area contributed by atoms with Crippen LogP contribution in [0.25, 0.3) is 0 Å². The summed E-state index contributed by atoms with van der Waals surface area (Å²) in [6.07, 6.45) is 0. The smallest absolute Gasteiger partial charge is 0.277 e. The maximum absolute atomic E-state index is 13.0. The third kappa shape index (κ3) is 5.23. The minimum atomic E-state index is -0.843. The fraction of sp³-hybridized carbons (Fsp3) is 0. The molecule has 3 aromatic carbocycles. The summed E-state index contributed by atoms with van der Waals surface area (Å²) in [5.41, 5.74) is -0.775. The van der Waals surface area contributed by atoms with E-state index in [9.17, 15) is 34.2 Å². The highest BCUT2D eigenvalue weighted by Crippen LogP contribution is 2.24.